The molecule has 0 spiro atoms. The van der Waals surface area contributed by atoms with Gasteiger partial charge in [-0.15, -0.1) is 0 Å². The first-order valence-corrected chi connectivity index (χ1v) is 11.9. The molecule has 0 saturated carbocycles. The van der Waals surface area contributed by atoms with Gasteiger partial charge in [0.15, 0.2) is 0 Å². The highest BCUT2D eigenvalue weighted by Gasteiger charge is 2.27. The van der Waals surface area contributed by atoms with Crippen LogP contribution in [0.15, 0.2) is 60.8 Å². The van der Waals surface area contributed by atoms with Crippen LogP contribution in [-0.2, 0) is 11.4 Å². The van der Waals surface area contributed by atoms with Crippen LogP contribution in [-0.4, -0.2) is 59.6 Å². The maximum atomic E-state index is 11.7. The maximum Gasteiger partial charge on any atom is 0.248 e. The van der Waals surface area contributed by atoms with Crippen LogP contribution in [0.5, 0.6) is 11.5 Å². The number of carbonyl (C=O) groups excluding carboxylic acids is 1. The van der Waals surface area contributed by atoms with Crippen LogP contribution in [0.25, 0.3) is 0 Å². The number of carbonyl (C=O) groups is 1. The van der Waals surface area contributed by atoms with E-state index in [1.807, 2.05) is 30.3 Å². The molecule has 1 aliphatic heterocycles. The number of rotatable bonds is 9. The molecule has 2 heterocycles. The topological polar surface area (TPSA) is 120 Å². The predicted molar refractivity (Wildman–Crippen MR) is 139 cm³/mol. The number of nitrogens with one attached hydrogen (secondary N) is 3. The minimum absolute atomic E-state index is 0.159. The van der Waals surface area contributed by atoms with Crippen LogP contribution >= 0.6 is 11.6 Å². The average Bonchev–Trinajstić information content (AvgIpc) is 3.36. The molecule has 10 heteroatoms. The van der Waals surface area contributed by atoms with E-state index >= 15 is 0 Å². The van der Waals surface area contributed by atoms with E-state index in [-0.39, 0.29) is 17.8 Å². The summed E-state index contributed by atoms with van der Waals surface area (Å²) in [6.45, 7) is 0.767. The number of anilines is 2. The summed E-state index contributed by atoms with van der Waals surface area (Å²) in [5, 5.41) is 24.3. The summed E-state index contributed by atoms with van der Waals surface area (Å²) >= 11 is 6.42. The van der Waals surface area contributed by atoms with Crippen molar-refractivity contribution in [3.63, 3.8) is 0 Å². The Balaban J connectivity index is 1.41. The molecule has 4 rings (SSSR count). The molecule has 9 nitrogen and oxygen atoms in total. The van der Waals surface area contributed by atoms with E-state index in [1.165, 1.54) is 0 Å². The van der Waals surface area contributed by atoms with Crippen molar-refractivity contribution in [2.75, 3.05) is 37.4 Å². The normalized spacial score (nSPS) is 14.9. The molecule has 36 heavy (non-hydrogen) atoms. The van der Waals surface area contributed by atoms with E-state index in [0.717, 1.165) is 11.4 Å². The summed E-state index contributed by atoms with van der Waals surface area (Å²) < 4.78 is 11.8. The minimum atomic E-state index is -0.502. The second kappa shape index (κ2) is 11.7. The van der Waals surface area contributed by atoms with E-state index in [9.17, 15) is 4.79 Å². The molecular formula is C26H28ClN5O4. The summed E-state index contributed by atoms with van der Waals surface area (Å²) in [6, 6.07) is 16.3. The lowest BCUT2D eigenvalue weighted by molar-refractivity contribution is -0.133. The molecule has 0 bridgehead atoms. The Morgan fingerprint density at radius 3 is 2.83 bits per heavy atom. The monoisotopic (exact) mass is 509 g/mol. The van der Waals surface area contributed by atoms with Gasteiger partial charge < -0.3 is 30.1 Å². The lowest BCUT2D eigenvalue weighted by Gasteiger charge is -2.18. The largest absolute Gasteiger partial charge is 0.488 e. The molecule has 4 N–H and O–H groups in total. The van der Waals surface area contributed by atoms with Crippen LogP contribution in [0.1, 0.15) is 17.7 Å². The number of hydrogen-bond donors (Lipinski definition) is 4. The number of likely N-dealkylation sites (tertiary alicyclic amines) is 1. The number of aliphatic hydroxyl groups is 1. The molecule has 1 aromatic heterocycles. The number of nitrogens with zero attached hydrogens (tertiary/aromatic N) is 2. The van der Waals surface area contributed by atoms with Gasteiger partial charge >= 0.3 is 0 Å². The molecule has 1 atom stereocenters. The van der Waals surface area contributed by atoms with E-state index in [4.69, 9.17) is 31.6 Å². The second-order valence-corrected chi connectivity index (χ2v) is 8.65. The number of aliphatic hydroxyl groups excluding tert-OH is 1. The van der Waals surface area contributed by atoms with E-state index in [0.29, 0.717) is 53.9 Å². The van der Waals surface area contributed by atoms with Gasteiger partial charge in [0.05, 0.1) is 17.3 Å². The fraction of sp³-hybridized carbons (Fsp3) is 0.269. The van der Waals surface area contributed by atoms with Crippen LogP contribution in [0.4, 0.5) is 11.4 Å². The Labute approximate surface area is 214 Å². The molecule has 0 radical (unpaired) electrons. The van der Waals surface area contributed by atoms with E-state index < -0.39 is 6.61 Å². The number of ether oxygens (including phenoxy) is 2. The van der Waals surface area contributed by atoms with Crippen molar-refractivity contribution < 1.29 is 19.4 Å². The Kier molecular flexibility index (Phi) is 8.24. The highest BCUT2D eigenvalue weighted by molar-refractivity contribution is 6.32. The first-order valence-electron chi connectivity index (χ1n) is 11.5. The second-order valence-electron chi connectivity index (χ2n) is 8.24. The van der Waals surface area contributed by atoms with E-state index in [1.54, 1.807) is 42.4 Å². The number of amidine groups is 1. The van der Waals surface area contributed by atoms with Gasteiger partial charge in [-0.1, -0.05) is 17.7 Å². The Morgan fingerprint density at radius 2 is 2.11 bits per heavy atom. The quantitative estimate of drug-likeness (QED) is 0.256. The molecule has 1 aliphatic rings. The van der Waals surface area contributed by atoms with E-state index in [2.05, 4.69) is 15.6 Å². The van der Waals surface area contributed by atoms with Crippen molar-refractivity contribution in [2.24, 2.45) is 0 Å². The van der Waals surface area contributed by atoms with Gasteiger partial charge in [0.2, 0.25) is 5.91 Å². The molecule has 188 valence electrons. The Bertz CT molecular complexity index is 1220. The van der Waals surface area contributed by atoms with Crippen molar-refractivity contribution in [1.29, 1.82) is 5.41 Å². The molecular weight excluding hydrogens is 482 g/mol. The van der Waals surface area contributed by atoms with Gasteiger partial charge in [-0.2, -0.15) is 0 Å². The molecule has 1 amide bonds. The van der Waals surface area contributed by atoms with Gasteiger partial charge in [-0.25, -0.2) is 0 Å². The summed E-state index contributed by atoms with van der Waals surface area (Å²) in [6.07, 6.45) is 2.21. The summed E-state index contributed by atoms with van der Waals surface area (Å²) in [5.41, 5.74) is 2.80. The highest BCUT2D eigenvalue weighted by atomic mass is 35.5. The number of amides is 1. The van der Waals surface area contributed by atoms with Crippen molar-refractivity contribution >= 4 is 34.7 Å². The molecule has 1 fully saturated rings. The van der Waals surface area contributed by atoms with Crippen molar-refractivity contribution in [3.05, 3.63) is 77.1 Å². The third kappa shape index (κ3) is 6.24. The van der Waals surface area contributed by atoms with Gasteiger partial charge in [-0.05, 0) is 48.5 Å². The third-order valence-corrected chi connectivity index (χ3v) is 6.06. The number of hydrogen-bond acceptors (Lipinski definition) is 7. The fourth-order valence-electron chi connectivity index (χ4n) is 3.91. The number of pyridine rings is 1. The fourth-order valence-corrected chi connectivity index (χ4v) is 4.14. The Morgan fingerprint density at radius 1 is 1.25 bits per heavy atom. The van der Waals surface area contributed by atoms with Gasteiger partial charge in [0.1, 0.15) is 36.7 Å². The third-order valence-electron chi connectivity index (χ3n) is 5.77. The minimum Gasteiger partial charge on any atom is -0.488 e. The lowest BCUT2D eigenvalue weighted by Crippen LogP contribution is -2.32. The van der Waals surface area contributed by atoms with Crippen molar-refractivity contribution in [2.45, 2.75) is 19.1 Å². The molecule has 3 aromatic rings. The zero-order valence-electron chi connectivity index (χ0n) is 19.8. The zero-order chi connectivity index (χ0) is 25.5. The van der Waals surface area contributed by atoms with Crippen LogP contribution in [0.3, 0.4) is 0 Å². The zero-order valence-corrected chi connectivity index (χ0v) is 20.6. The van der Waals surface area contributed by atoms with Crippen LogP contribution < -0.4 is 20.1 Å². The summed E-state index contributed by atoms with van der Waals surface area (Å²) in [4.78, 5) is 17.5. The first kappa shape index (κ1) is 25.3. The molecule has 0 unspecified atom stereocenters. The summed E-state index contributed by atoms with van der Waals surface area (Å²) in [5.74, 6) is 0.975. The van der Waals surface area contributed by atoms with Crippen LogP contribution in [0, 0.1) is 5.41 Å². The van der Waals surface area contributed by atoms with Crippen LogP contribution in [0.2, 0.25) is 5.02 Å². The maximum absolute atomic E-state index is 11.7. The highest BCUT2D eigenvalue weighted by Crippen LogP contribution is 2.30. The summed E-state index contributed by atoms with van der Waals surface area (Å²) in [7, 11) is 1.78. The molecule has 1 saturated heterocycles. The van der Waals surface area contributed by atoms with Gasteiger partial charge in [0.25, 0.3) is 0 Å². The molecule has 0 aliphatic carbocycles. The predicted octanol–water partition coefficient (Wildman–Crippen LogP) is 3.77. The standard InChI is InChI=1S/C26H28ClN5O4/c1-29-23-7-6-19(36-20-9-11-32(14-20)25(34)15-33)13-21(23)26(28)31-17-5-8-24(22(27)12-17)35-16-18-4-2-3-10-30-18/h2-8,10,12-13,20,29,33H,9,11,14-16H2,1H3,(H2,28,31)/t20-/m0/s1. The number of halogens is 1. The lowest BCUT2D eigenvalue weighted by atomic mass is 10.1. The number of aromatic nitrogens is 1. The smallest absolute Gasteiger partial charge is 0.248 e. The van der Waals surface area contributed by atoms with Crippen molar-refractivity contribution in [1.82, 2.24) is 9.88 Å². The Hall–Kier alpha value is -3.82. The first-order chi connectivity index (χ1) is 17.5. The van der Waals surface area contributed by atoms with Gasteiger partial charge in [0, 0.05) is 43.1 Å². The SMILES string of the molecule is CNc1ccc(O[C@H]2CCN(C(=O)CO)C2)cc1C(=N)Nc1ccc(OCc2ccccn2)c(Cl)c1. The molecule has 2 aromatic carbocycles. The average molecular weight is 510 g/mol. The van der Waals surface area contributed by atoms with Crippen molar-refractivity contribution in [3.8, 4) is 11.5 Å². The van der Waals surface area contributed by atoms with Gasteiger partial charge in [-0.3, -0.25) is 15.2 Å². The number of benzene rings is 2.